The van der Waals surface area contributed by atoms with Crippen molar-refractivity contribution in [1.29, 1.82) is 0 Å². The number of furan rings is 1. The molecular formula is C17H22N4O3. The molecule has 1 saturated heterocycles. The van der Waals surface area contributed by atoms with Gasteiger partial charge in [-0.15, -0.1) is 10.2 Å². The molecule has 3 heterocycles. The van der Waals surface area contributed by atoms with Crippen LogP contribution in [0.5, 0.6) is 5.88 Å². The number of piperidine rings is 1. The van der Waals surface area contributed by atoms with E-state index in [0.717, 1.165) is 31.0 Å². The molecule has 0 spiro atoms. The summed E-state index contributed by atoms with van der Waals surface area (Å²) in [6.07, 6.45) is 4.21. The molecule has 1 aliphatic heterocycles. The summed E-state index contributed by atoms with van der Waals surface area (Å²) >= 11 is 0. The fourth-order valence-electron chi connectivity index (χ4n) is 2.90. The summed E-state index contributed by atoms with van der Waals surface area (Å²) in [7, 11) is 1.56. The van der Waals surface area contributed by atoms with Gasteiger partial charge < -0.3 is 19.4 Å². The standard InChI is InChI=1S/C17H22N4O3/c1-23-16-7-6-15(19-20-16)21-10-2-4-13(12-21)17(22)18-9-8-14-5-3-11-24-14/h3,5-7,11,13H,2,4,8-10,12H2,1H3,(H,18,22). The van der Waals surface area contributed by atoms with Crippen LogP contribution in [0.2, 0.25) is 0 Å². The van der Waals surface area contributed by atoms with E-state index in [4.69, 9.17) is 9.15 Å². The normalized spacial score (nSPS) is 17.5. The zero-order chi connectivity index (χ0) is 16.8. The van der Waals surface area contributed by atoms with Crippen molar-refractivity contribution in [1.82, 2.24) is 15.5 Å². The molecule has 0 radical (unpaired) electrons. The Balaban J connectivity index is 1.51. The maximum Gasteiger partial charge on any atom is 0.233 e. The maximum absolute atomic E-state index is 12.4. The number of amides is 1. The molecule has 1 N–H and O–H groups in total. The number of carbonyl (C=O) groups is 1. The van der Waals surface area contributed by atoms with E-state index in [1.807, 2.05) is 18.2 Å². The van der Waals surface area contributed by atoms with Gasteiger partial charge in [-0.25, -0.2) is 0 Å². The largest absolute Gasteiger partial charge is 0.480 e. The van der Waals surface area contributed by atoms with Crippen LogP contribution in [0.25, 0.3) is 0 Å². The van der Waals surface area contributed by atoms with Gasteiger partial charge >= 0.3 is 0 Å². The minimum absolute atomic E-state index is 0.0285. The third kappa shape index (κ3) is 4.04. The summed E-state index contributed by atoms with van der Waals surface area (Å²) in [6.45, 7) is 2.13. The average Bonchev–Trinajstić information content (AvgIpc) is 3.15. The molecular weight excluding hydrogens is 308 g/mol. The quantitative estimate of drug-likeness (QED) is 0.867. The van der Waals surface area contributed by atoms with Crippen molar-refractivity contribution in [2.75, 3.05) is 31.6 Å². The highest BCUT2D eigenvalue weighted by molar-refractivity contribution is 5.79. The van der Waals surface area contributed by atoms with Crippen LogP contribution in [0.1, 0.15) is 18.6 Å². The van der Waals surface area contributed by atoms with Gasteiger partial charge in [0.2, 0.25) is 11.8 Å². The van der Waals surface area contributed by atoms with Crippen LogP contribution >= 0.6 is 0 Å². The predicted octanol–water partition coefficient (Wildman–Crippen LogP) is 1.65. The monoisotopic (exact) mass is 330 g/mol. The lowest BCUT2D eigenvalue weighted by Crippen LogP contribution is -2.43. The summed E-state index contributed by atoms with van der Waals surface area (Å²) in [6, 6.07) is 7.43. The Morgan fingerprint density at radius 3 is 3.04 bits per heavy atom. The highest BCUT2D eigenvalue weighted by Gasteiger charge is 2.26. The Kier molecular flexibility index (Phi) is 5.30. The van der Waals surface area contributed by atoms with Crippen LogP contribution in [0.3, 0.4) is 0 Å². The number of anilines is 1. The SMILES string of the molecule is COc1ccc(N2CCCC(C(=O)NCCc3ccco3)C2)nn1. The van der Waals surface area contributed by atoms with E-state index in [9.17, 15) is 4.79 Å². The topological polar surface area (TPSA) is 80.5 Å². The lowest BCUT2D eigenvalue weighted by Gasteiger charge is -2.32. The number of methoxy groups -OCH3 is 1. The molecule has 7 heteroatoms. The fourth-order valence-corrected chi connectivity index (χ4v) is 2.90. The Morgan fingerprint density at radius 2 is 2.33 bits per heavy atom. The van der Waals surface area contributed by atoms with Gasteiger partial charge in [-0.05, 0) is 31.0 Å². The minimum atomic E-state index is -0.0285. The number of carbonyl (C=O) groups excluding carboxylic acids is 1. The third-order valence-electron chi connectivity index (χ3n) is 4.20. The van der Waals surface area contributed by atoms with Gasteiger partial charge in [-0.1, -0.05) is 0 Å². The molecule has 0 saturated carbocycles. The molecule has 7 nitrogen and oxygen atoms in total. The summed E-state index contributed by atoms with van der Waals surface area (Å²) in [4.78, 5) is 14.5. The molecule has 24 heavy (non-hydrogen) atoms. The number of nitrogens with zero attached hydrogens (tertiary/aromatic N) is 3. The number of rotatable bonds is 6. The summed E-state index contributed by atoms with van der Waals surface area (Å²) in [5.41, 5.74) is 0. The molecule has 0 aliphatic carbocycles. The van der Waals surface area contributed by atoms with Gasteiger partial charge in [0.15, 0.2) is 5.82 Å². The van der Waals surface area contributed by atoms with Crippen molar-refractivity contribution in [3.8, 4) is 5.88 Å². The number of aromatic nitrogens is 2. The van der Waals surface area contributed by atoms with E-state index in [1.165, 1.54) is 0 Å². The summed E-state index contributed by atoms with van der Waals surface area (Å²) < 4.78 is 10.3. The highest BCUT2D eigenvalue weighted by atomic mass is 16.5. The van der Waals surface area contributed by atoms with Crippen LogP contribution in [0, 0.1) is 5.92 Å². The van der Waals surface area contributed by atoms with Crippen LogP contribution in [0.15, 0.2) is 34.9 Å². The summed E-state index contributed by atoms with van der Waals surface area (Å²) in [5.74, 6) is 2.22. The molecule has 2 aromatic rings. The molecule has 128 valence electrons. The Hall–Kier alpha value is -2.57. The van der Waals surface area contributed by atoms with Crippen molar-refractivity contribution in [3.05, 3.63) is 36.3 Å². The maximum atomic E-state index is 12.4. The first kappa shape index (κ1) is 16.3. The molecule has 0 bridgehead atoms. The van der Waals surface area contributed by atoms with E-state index in [1.54, 1.807) is 19.4 Å². The number of nitrogens with one attached hydrogen (secondary N) is 1. The number of hydrogen-bond donors (Lipinski definition) is 1. The van der Waals surface area contributed by atoms with Gasteiger partial charge in [0, 0.05) is 32.1 Å². The van der Waals surface area contributed by atoms with Crippen molar-refractivity contribution >= 4 is 11.7 Å². The second-order valence-electron chi connectivity index (χ2n) is 5.84. The highest BCUT2D eigenvalue weighted by Crippen LogP contribution is 2.22. The predicted molar refractivity (Wildman–Crippen MR) is 88.9 cm³/mol. The van der Waals surface area contributed by atoms with E-state index < -0.39 is 0 Å². The van der Waals surface area contributed by atoms with E-state index in [-0.39, 0.29) is 11.8 Å². The van der Waals surface area contributed by atoms with Gasteiger partial charge in [0.05, 0.1) is 19.3 Å². The second-order valence-corrected chi connectivity index (χ2v) is 5.84. The number of hydrogen-bond acceptors (Lipinski definition) is 6. The Labute approximate surface area is 141 Å². The van der Waals surface area contributed by atoms with Gasteiger partial charge in [-0.2, -0.15) is 0 Å². The Morgan fingerprint density at radius 1 is 1.42 bits per heavy atom. The van der Waals surface area contributed by atoms with E-state index >= 15 is 0 Å². The lowest BCUT2D eigenvalue weighted by atomic mass is 9.97. The molecule has 3 rings (SSSR count). The van der Waals surface area contributed by atoms with Gasteiger partial charge in [0.25, 0.3) is 0 Å². The molecule has 1 fully saturated rings. The first-order valence-corrected chi connectivity index (χ1v) is 8.19. The smallest absolute Gasteiger partial charge is 0.233 e. The van der Waals surface area contributed by atoms with Gasteiger partial charge in [0.1, 0.15) is 5.76 Å². The summed E-state index contributed by atoms with van der Waals surface area (Å²) in [5, 5.41) is 11.2. The average molecular weight is 330 g/mol. The first-order valence-electron chi connectivity index (χ1n) is 8.19. The second kappa shape index (κ2) is 7.81. The zero-order valence-electron chi connectivity index (χ0n) is 13.8. The molecule has 1 aliphatic rings. The van der Waals surface area contributed by atoms with Gasteiger partial charge in [-0.3, -0.25) is 4.79 Å². The zero-order valence-corrected chi connectivity index (χ0v) is 13.8. The number of ether oxygens (including phenoxy) is 1. The first-order chi connectivity index (χ1) is 11.8. The van der Waals surface area contributed by atoms with Crippen molar-refractivity contribution in [2.24, 2.45) is 5.92 Å². The molecule has 2 aromatic heterocycles. The molecule has 1 unspecified atom stereocenters. The third-order valence-corrected chi connectivity index (χ3v) is 4.20. The van der Waals surface area contributed by atoms with E-state index in [2.05, 4.69) is 20.4 Å². The lowest BCUT2D eigenvalue weighted by molar-refractivity contribution is -0.125. The van der Waals surface area contributed by atoms with Crippen LogP contribution in [-0.4, -0.2) is 42.8 Å². The van der Waals surface area contributed by atoms with Crippen LogP contribution in [0.4, 0.5) is 5.82 Å². The van der Waals surface area contributed by atoms with Crippen molar-refractivity contribution in [2.45, 2.75) is 19.3 Å². The van der Waals surface area contributed by atoms with Crippen LogP contribution < -0.4 is 15.0 Å². The minimum Gasteiger partial charge on any atom is -0.480 e. The van der Waals surface area contributed by atoms with Crippen molar-refractivity contribution in [3.63, 3.8) is 0 Å². The molecule has 0 aromatic carbocycles. The Bertz CT molecular complexity index is 642. The van der Waals surface area contributed by atoms with Crippen molar-refractivity contribution < 1.29 is 13.9 Å². The molecule has 1 atom stereocenters. The molecule has 1 amide bonds. The van der Waals surface area contributed by atoms with Crippen LogP contribution in [-0.2, 0) is 11.2 Å². The van der Waals surface area contributed by atoms with E-state index in [0.29, 0.717) is 25.4 Å². The fraction of sp³-hybridized carbons (Fsp3) is 0.471.